The Bertz CT molecular complexity index is 604. The van der Waals surface area contributed by atoms with Crippen LogP contribution in [0.4, 0.5) is 0 Å². The van der Waals surface area contributed by atoms with Crippen LogP contribution in [0.1, 0.15) is 5.69 Å². The molecule has 0 aromatic carbocycles. The summed E-state index contributed by atoms with van der Waals surface area (Å²) < 4.78 is 2.19. The molecule has 82 valence electrons. The van der Waals surface area contributed by atoms with Crippen molar-refractivity contribution in [3.8, 4) is 5.82 Å². The van der Waals surface area contributed by atoms with Gasteiger partial charge in [0.2, 0.25) is 0 Å². The summed E-state index contributed by atoms with van der Waals surface area (Å²) in [5.74, 6) is 0.525. The lowest BCUT2D eigenvalue weighted by molar-refractivity contribution is 0.946. The van der Waals surface area contributed by atoms with E-state index in [9.17, 15) is 4.79 Å². The van der Waals surface area contributed by atoms with Gasteiger partial charge in [0.05, 0.1) is 12.0 Å². The van der Waals surface area contributed by atoms with Crippen LogP contribution in [0.25, 0.3) is 5.82 Å². The van der Waals surface area contributed by atoms with Gasteiger partial charge in [0.25, 0.3) is 5.56 Å². The maximum Gasteiger partial charge on any atom is 0.266 e. The van der Waals surface area contributed by atoms with Crippen LogP contribution in [0, 0.1) is 3.57 Å². The zero-order valence-electron chi connectivity index (χ0n) is 7.98. The molecule has 7 heteroatoms. The van der Waals surface area contributed by atoms with Crippen LogP contribution < -0.4 is 11.3 Å². The minimum atomic E-state index is -0.187. The lowest BCUT2D eigenvalue weighted by Crippen LogP contribution is -2.19. The third kappa shape index (κ3) is 1.87. The normalized spacial score (nSPS) is 10.3. The van der Waals surface area contributed by atoms with Crippen LogP contribution in [0.15, 0.2) is 29.5 Å². The van der Waals surface area contributed by atoms with Gasteiger partial charge in [-0.2, -0.15) is 0 Å². The highest BCUT2D eigenvalue weighted by molar-refractivity contribution is 14.1. The first-order valence-corrected chi connectivity index (χ1v) is 5.80. The molecule has 3 N–H and O–H groups in total. The first kappa shape index (κ1) is 11.3. The zero-order valence-corrected chi connectivity index (χ0v) is 10.9. The lowest BCUT2D eigenvalue weighted by Gasteiger charge is -2.07. The van der Waals surface area contributed by atoms with Crippen LogP contribution in [-0.4, -0.2) is 19.5 Å². The first-order chi connectivity index (χ1) is 7.61. The van der Waals surface area contributed by atoms with Gasteiger partial charge in [0.1, 0.15) is 8.56 Å². The molecule has 5 nitrogen and oxygen atoms in total. The Labute approximate surface area is 110 Å². The van der Waals surface area contributed by atoms with Crippen molar-refractivity contribution >= 4 is 39.8 Å². The monoisotopic (exact) mass is 346 g/mol. The van der Waals surface area contributed by atoms with Gasteiger partial charge in [-0.1, -0.05) is 12.2 Å². The largest absolute Gasteiger partial charge is 0.388 e. The molecule has 0 bridgehead atoms. The first-order valence-electron chi connectivity index (χ1n) is 4.32. The molecule has 0 fully saturated rings. The summed E-state index contributed by atoms with van der Waals surface area (Å²) in [4.78, 5) is 18.3. The number of halogens is 1. The quantitative estimate of drug-likeness (QED) is 0.623. The highest BCUT2D eigenvalue weighted by Crippen LogP contribution is 2.13. The van der Waals surface area contributed by atoms with Crippen molar-refractivity contribution in [2.45, 2.75) is 0 Å². The zero-order chi connectivity index (χ0) is 11.7. The molecule has 0 atom stereocenters. The lowest BCUT2D eigenvalue weighted by atomic mass is 10.4. The Balaban J connectivity index is 2.68. The number of nitrogens with two attached hydrogens (primary N) is 1. The van der Waals surface area contributed by atoms with Crippen LogP contribution >= 0.6 is 34.8 Å². The van der Waals surface area contributed by atoms with E-state index in [0.29, 0.717) is 15.1 Å². The van der Waals surface area contributed by atoms with E-state index in [1.165, 1.54) is 6.33 Å². The summed E-state index contributed by atoms with van der Waals surface area (Å²) in [6.07, 6.45) is 3.11. The maximum atomic E-state index is 11.4. The van der Waals surface area contributed by atoms with Crippen LogP contribution in [0.2, 0.25) is 0 Å². The molecule has 2 rings (SSSR count). The SMILES string of the molecule is NC(=S)c1cccn1-c1nc[nH]c(=O)c1I. The van der Waals surface area contributed by atoms with E-state index >= 15 is 0 Å². The molecular formula is C9H7IN4OS. The molecule has 0 unspecified atom stereocenters. The predicted octanol–water partition coefficient (Wildman–Crippen LogP) is 0.799. The van der Waals surface area contributed by atoms with Crippen molar-refractivity contribution in [1.29, 1.82) is 0 Å². The molecule has 2 heterocycles. The number of hydrogen-bond acceptors (Lipinski definition) is 3. The van der Waals surface area contributed by atoms with Crippen LogP contribution in [0.3, 0.4) is 0 Å². The van der Waals surface area contributed by atoms with E-state index in [2.05, 4.69) is 9.97 Å². The Morgan fingerprint density at radius 3 is 3.06 bits per heavy atom. The third-order valence-corrected chi connectivity index (χ3v) is 3.19. The Morgan fingerprint density at radius 2 is 2.38 bits per heavy atom. The molecule has 2 aromatic heterocycles. The third-order valence-electron chi connectivity index (χ3n) is 2.01. The van der Waals surface area contributed by atoms with Gasteiger partial charge in [-0.25, -0.2) is 4.98 Å². The van der Waals surface area contributed by atoms with Gasteiger partial charge >= 0.3 is 0 Å². The van der Waals surface area contributed by atoms with E-state index < -0.39 is 0 Å². The molecule has 0 aliphatic heterocycles. The Hall–Kier alpha value is -1.22. The second kappa shape index (κ2) is 4.34. The number of nitrogens with zero attached hydrogens (tertiary/aromatic N) is 2. The van der Waals surface area contributed by atoms with E-state index in [4.69, 9.17) is 18.0 Å². The van der Waals surface area contributed by atoms with Gasteiger partial charge in [-0.05, 0) is 34.7 Å². The number of thiocarbonyl (C=S) groups is 1. The summed E-state index contributed by atoms with van der Waals surface area (Å²) in [6, 6.07) is 3.58. The molecule has 0 aliphatic rings. The molecule has 0 radical (unpaired) electrons. The van der Waals surface area contributed by atoms with Crippen molar-refractivity contribution < 1.29 is 0 Å². The molecule has 0 saturated heterocycles. The fourth-order valence-electron chi connectivity index (χ4n) is 1.31. The summed E-state index contributed by atoms with van der Waals surface area (Å²) in [5, 5.41) is 0. The van der Waals surface area contributed by atoms with Gasteiger partial charge < -0.3 is 10.7 Å². The Morgan fingerprint density at radius 1 is 1.62 bits per heavy atom. The van der Waals surface area contributed by atoms with Gasteiger partial charge in [-0.3, -0.25) is 9.36 Å². The average molecular weight is 346 g/mol. The van der Waals surface area contributed by atoms with Gasteiger partial charge in [-0.15, -0.1) is 0 Å². The number of nitrogens with one attached hydrogen (secondary N) is 1. The smallest absolute Gasteiger partial charge is 0.266 e. The predicted molar refractivity (Wildman–Crippen MR) is 72.8 cm³/mol. The maximum absolute atomic E-state index is 11.4. The molecule has 0 aliphatic carbocycles. The fourth-order valence-corrected chi connectivity index (χ4v) is 2.03. The molecule has 0 spiro atoms. The summed E-state index contributed by atoms with van der Waals surface area (Å²) in [7, 11) is 0. The second-order valence-electron chi connectivity index (χ2n) is 3.00. The average Bonchev–Trinajstić information content (AvgIpc) is 2.70. The van der Waals surface area contributed by atoms with Gasteiger partial charge in [0, 0.05) is 6.20 Å². The number of hydrogen-bond donors (Lipinski definition) is 2. The standard InChI is InChI=1S/C9H7IN4OS/c10-6-8(12-4-13-9(6)15)14-3-1-2-5(14)7(11)16/h1-4H,(H2,11,16)(H,12,13,15). The van der Waals surface area contributed by atoms with Crippen molar-refractivity contribution in [3.05, 3.63) is 44.3 Å². The van der Waals surface area contributed by atoms with Crippen LogP contribution in [0.5, 0.6) is 0 Å². The molecule has 0 amide bonds. The number of H-pyrrole nitrogens is 1. The van der Waals surface area contributed by atoms with E-state index in [-0.39, 0.29) is 10.5 Å². The number of rotatable bonds is 2. The highest BCUT2D eigenvalue weighted by atomic mass is 127. The fraction of sp³-hybridized carbons (Fsp3) is 0. The summed E-state index contributed by atoms with van der Waals surface area (Å²) in [5.41, 5.74) is 6.05. The van der Waals surface area contributed by atoms with Gasteiger partial charge in [0.15, 0.2) is 5.82 Å². The topological polar surface area (TPSA) is 76.7 Å². The molecule has 16 heavy (non-hydrogen) atoms. The van der Waals surface area contributed by atoms with Crippen molar-refractivity contribution in [2.75, 3.05) is 0 Å². The molecule has 0 saturated carbocycles. The van der Waals surface area contributed by atoms with E-state index in [1.807, 2.05) is 22.6 Å². The van der Waals surface area contributed by atoms with E-state index in [1.54, 1.807) is 22.9 Å². The van der Waals surface area contributed by atoms with Crippen molar-refractivity contribution in [2.24, 2.45) is 5.73 Å². The second-order valence-corrected chi connectivity index (χ2v) is 4.52. The van der Waals surface area contributed by atoms with Crippen molar-refractivity contribution in [1.82, 2.24) is 14.5 Å². The number of aromatic amines is 1. The summed E-state index contributed by atoms with van der Waals surface area (Å²) >= 11 is 6.86. The Kier molecular flexibility index (Phi) is 3.06. The number of aromatic nitrogens is 3. The minimum Gasteiger partial charge on any atom is -0.388 e. The molecular weight excluding hydrogens is 339 g/mol. The van der Waals surface area contributed by atoms with Crippen LogP contribution in [-0.2, 0) is 0 Å². The summed E-state index contributed by atoms with van der Waals surface area (Å²) in [6.45, 7) is 0. The van der Waals surface area contributed by atoms with Crippen molar-refractivity contribution in [3.63, 3.8) is 0 Å². The van der Waals surface area contributed by atoms with E-state index in [0.717, 1.165) is 0 Å². The highest BCUT2D eigenvalue weighted by Gasteiger charge is 2.11. The minimum absolute atomic E-state index is 0.187. The molecule has 2 aromatic rings.